The molecule has 0 aliphatic rings. The zero-order valence-electron chi connectivity index (χ0n) is 13.6. The molecular formula is C17H15Cl2N3O3S. The van der Waals surface area contributed by atoms with E-state index >= 15 is 0 Å². The fourth-order valence-electron chi connectivity index (χ4n) is 1.90. The van der Waals surface area contributed by atoms with E-state index in [2.05, 4.69) is 16.2 Å². The number of rotatable bonds is 4. The number of amides is 2. The van der Waals surface area contributed by atoms with Crippen molar-refractivity contribution < 1.29 is 14.3 Å². The number of thiocarbonyl (C=S) groups is 1. The highest BCUT2D eigenvalue weighted by atomic mass is 35.5. The maximum Gasteiger partial charge on any atom is 0.269 e. The lowest BCUT2D eigenvalue weighted by Crippen LogP contribution is -2.49. The molecule has 2 aromatic rings. The van der Waals surface area contributed by atoms with Crippen LogP contribution in [0.1, 0.15) is 15.9 Å². The maximum absolute atomic E-state index is 11.9. The number of aryl methyl sites for hydroxylation is 1. The Morgan fingerprint density at radius 3 is 2.35 bits per heavy atom. The average Bonchev–Trinajstić information content (AvgIpc) is 2.59. The highest BCUT2D eigenvalue weighted by Crippen LogP contribution is 2.21. The molecule has 2 rings (SSSR count). The van der Waals surface area contributed by atoms with Crippen LogP contribution in [0.15, 0.2) is 42.5 Å². The predicted molar refractivity (Wildman–Crippen MR) is 104 cm³/mol. The molecule has 0 spiro atoms. The summed E-state index contributed by atoms with van der Waals surface area (Å²) in [6, 6.07) is 11.4. The fourth-order valence-corrected chi connectivity index (χ4v) is 2.42. The fraction of sp³-hybridized carbons (Fsp3) is 0.118. The maximum atomic E-state index is 11.9. The van der Waals surface area contributed by atoms with E-state index in [-0.39, 0.29) is 11.7 Å². The molecule has 9 heteroatoms. The standard InChI is InChI=1S/C17H15Cl2N3O3S/c1-10-8-13(19)6-7-14(10)25-9-15(23)20-17(26)22-21-16(24)11-2-4-12(18)5-3-11/h2-8H,9H2,1H3,(H,21,24)(H2,20,22,23,26). The molecule has 0 aliphatic heterocycles. The molecule has 0 heterocycles. The van der Waals surface area contributed by atoms with Gasteiger partial charge in [-0.1, -0.05) is 23.2 Å². The van der Waals surface area contributed by atoms with Crippen LogP contribution in [0.2, 0.25) is 10.0 Å². The third kappa shape index (κ3) is 6.18. The lowest BCUT2D eigenvalue weighted by Gasteiger charge is -2.12. The molecule has 2 amide bonds. The van der Waals surface area contributed by atoms with Gasteiger partial charge in [0.05, 0.1) is 0 Å². The first-order valence-electron chi connectivity index (χ1n) is 7.40. The molecule has 2 aromatic carbocycles. The normalized spacial score (nSPS) is 9.96. The molecule has 26 heavy (non-hydrogen) atoms. The molecule has 0 saturated carbocycles. The van der Waals surface area contributed by atoms with E-state index in [1.807, 2.05) is 6.92 Å². The third-order valence-corrected chi connectivity index (χ3v) is 3.84. The van der Waals surface area contributed by atoms with E-state index in [1.54, 1.807) is 42.5 Å². The Labute approximate surface area is 165 Å². The Kier molecular flexibility index (Phi) is 7.20. The van der Waals surface area contributed by atoms with E-state index in [0.29, 0.717) is 21.4 Å². The monoisotopic (exact) mass is 411 g/mol. The molecular weight excluding hydrogens is 397 g/mol. The van der Waals surface area contributed by atoms with Gasteiger partial charge in [-0.15, -0.1) is 0 Å². The Balaban J connectivity index is 1.75. The van der Waals surface area contributed by atoms with Gasteiger partial charge >= 0.3 is 0 Å². The van der Waals surface area contributed by atoms with E-state index < -0.39 is 11.8 Å². The number of hydrazine groups is 1. The minimum Gasteiger partial charge on any atom is -0.483 e. The van der Waals surface area contributed by atoms with Crippen LogP contribution in [-0.2, 0) is 4.79 Å². The molecule has 0 aliphatic carbocycles. The highest BCUT2D eigenvalue weighted by molar-refractivity contribution is 7.80. The number of nitrogens with one attached hydrogen (secondary N) is 3. The molecule has 3 N–H and O–H groups in total. The molecule has 6 nitrogen and oxygen atoms in total. The van der Waals surface area contributed by atoms with Crippen molar-refractivity contribution in [2.45, 2.75) is 6.92 Å². The van der Waals surface area contributed by atoms with Crippen molar-refractivity contribution in [2.75, 3.05) is 6.61 Å². The minimum absolute atomic E-state index is 0.0614. The summed E-state index contributed by atoms with van der Waals surface area (Å²) in [4.78, 5) is 23.7. The SMILES string of the molecule is Cc1cc(Cl)ccc1OCC(=O)NC(=S)NNC(=O)c1ccc(Cl)cc1. The van der Waals surface area contributed by atoms with Gasteiger partial charge in [0.15, 0.2) is 11.7 Å². The van der Waals surface area contributed by atoms with Crippen molar-refractivity contribution in [1.82, 2.24) is 16.2 Å². The van der Waals surface area contributed by atoms with E-state index in [4.69, 9.17) is 40.2 Å². The minimum atomic E-state index is -0.474. The molecule has 0 fully saturated rings. The number of hydrogen-bond donors (Lipinski definition) is 3. The first-order valence-corrected chi connectivity index (χ1v) is 8.56. The average molecular weight is 412 g/mol. The van der Waals surface area contributed by atoms with Crippen LogP contribution in [0.5, 0.6) is 5.75 Å². The summed E-state index contributed by atoms with van der Waals surface area (Å²) in [7, 11) is 0. The van der Waals surface area contributed by atoms with Crippen LogP contribution < -0.4 is 20.9 Å². The van der Waals surface area contributed by atoms with Crippen molar-refractivity contribution in [1.29, 1.82) is 0 Å². The van der Waals surface area contributed by atoms with Gasteiger partial charge in [0.25, 0.3) is 11.8 Å². The van der Waals surface area contributed by atoms with Gasteiger partial charge in [-0.3, -0.25) is 25.8 Å². The summed E-state index contributed by atoms with van der Waals surface area (Å²) in [6.45, 7) is 1.58. The highest BCUT2D eigenvalue weighted by Gasteiger charge is 2.09. The van der Waals surface area contributed by atoms with Crippen molar-refractivity contribution in [2.24, 2.45) is 0 Å². The van der Waals surface area contributed by atoms with E-state index in [9.17, 15) is 9.59 Å². The summed E-state index contributed by atoms with van der Waals surface area (Å²) in [6.07, 6.45) is 0. The summed E-state index contributed by atoms with van der Waals surface area (Å²) in [5.74, 6) is -0.358. The van der Waals surface area contributed by atoms with Gasteiger partial charge < -0.3 is 4.74 Å². The van der Waals surface area contributed by atoms with Gasteiger partial charge in [0.2, 0.25) is 0 Å². The van der Waals surface area contributed by atoms with Gasteiger partial charge in [-0.05, 0) is 67.2 Å². The third-order valence-electron chi connectivity index (χ3n) is 3.14. The Hall–Kier alpha value is -2.35. The van der Waals surface area contributed by atoms with Crippen molar-refractivity contribution in [3.8, 4) is 5.75 Å². The van der Waals surface area contributed by atoms with Crippen LogP contribution in [0.25, 0.3) is 0 Å². The Morgan fingerprint density at radius 1 is 1.04 bits per heavy atom. The summed E-state index contributed by atoms with van der Waals surface area (Å²) in [5.41, 5.74) is 6.00. The number of carbonyl (C=O) groups excluding carboxylic acids is 2. The number of benzene rings is 2. The molecule has 0 aromatic heterocycles. The van der Waals surface area contributed by atoms with Gasteiger partial charge in [0.1, 0.15) is 5.75 Å². The van der Waals surface area contributed by atoms with Gasteiger partial charge in [-0.25, -0.2) is 0 Å². The molecule has 0 atom stereocenters. The molecule has 0 bridgehead atoms. The smallest absolute Gasteiger partial charge is 0.269 e. The lowest BCUT2D eigenvalue weighted by atomic mass is 10.2. The molecule has 0 unspecified atom stereocenters. The largest absolute Gasteiger partial charge is 0.483 e. The quantitative estimate of drug-likeness (QED) is 0.532. The van der Waals surface area contributed by atoms with Crippen LogP contribution in [0.3, 0.4) is 0 Å². The molecule has 0 radical (unpaired) electrons. The Bertz CT molecular complexity index is 829. The zero-order chi connectivity index (χ0) is 19.1. The molecule has 136 valence electrons. The van der Waals surface area contributed by atoms with E-state index in [1.165, 1.54) is 0 Å². The van der Waals surface area contributed by atoms with Gasteiger partial charge in [-0.2, -0.15) is 0 Å². The van der Waals surface area contributed by atoms with Crippen molar-refractivity contribution in [3.63, 3.8) is 0 Å². The topological polar surface area (TPSA) is 79.5 Å². The van der Waals surface area contributed by atoms with Crippen LogP contribution >= 0.6 is 35.4 Å². The van der Waals surface area contributed by atoms with Crippen LogP contribution in [0.4, 0.5) is 0 Å². The second-order valence-corrected chi connectivity index (χ2v) is 6.44. The first kappa shape index (κ1) is 20.0. The number of hydrogen-bond acceptors (Lipinski definition) is 4. The number of carbonyl (C=O) groups is 2. The lowest BCUT2D eigenvalue weighted by molar-refractivity contribution is -0.121. The summed E-state index contributed by atoms with van der Waals surface area (Å²) in [5, 5.41) is 3.44. The van der Waals surface area contributed by atoms with Crippen molar-refractivity contribution >= 4 is 52.3 Å². The number of ether oxygens (including phenoxy) is 1. The summed E-state index contributed by atoms with van der Waals surface area (Å²) >= 11 is 16.6. The summed E-state index contributed by atoms with van der Waals surface area (Å²) < 4.78 is 5.40. The van der Waals surface area contributed by atoms with Crippen LogP contribution in [0, 0.1) is 6.92 Å². The predicted octanol–water partition coefficient (Wildman–Crippen LogP) is 3.02. The van der Waals surface area contributed by atoms with Gasteiger partial charge in [0, 0.05) is 15.6 Å². The number of halogens is 2. The molecule has 0 saturated heterocycles. The van der Waals surface area contributed by atoms with E-state index in [0.717, 1.165) is 5.56 Å². The zero-order valence-corrected chi connectivity index (χ0v) is 16.0. The second-order valence-electron chi connectivity index (χ2n) is 5.16. The van der Waals surface area contributed by atoms with Crippen molar-refractivity contribution in [3.05, 3.63) is 63.6 Å². The second kappa shape index (κ2) is 9.38. The Morgan fingerprint density at radius 2 is 1.69 bits per heavy atom. The first-order chi connectivity index (χ1) is 12.3. The van der Waals surface area contributed by atoms with Crippen LogP contribution in [-0.4, -0.2) is 23.5 Å².